The Morgan fingerprint density at radius 2 is 1.92 bits per heavy atom. The number of methoxy groups -OCH3 is 1. The third-order valence-corrected chi connectivity index (χ3v) is 5.21. The number of carbonyl (C=O) groups is 1. The van der Waals surface area contributed by atoms with Crippen molar-refractivity contribution in [3.63, 3.8) is 0 Å². The maximum absolute atomic E-state index is 12.8. The number of thioether (sulfide) groups is 1. The van der Waals surface area contributed by atoms with Crippen LogP contribution in [-0.4, -0.2) is 22.2 Å². The zero-order chi connectivity index (χ0) is 17.1. The maximum Gasteiger partial charge on any atom is 0.266 e. The Balaban J connectivity index is 1.87. The molecule has 1 fully saturated rings. The van der Waals surface area contributed by atoms with E-state index in [1.54, 1.807) is 12.0 Å². The van der Waals surface area contributed by atoms with Crippen LogP contribution in [-0.2, 0) is 4.79 Å². The summed E-state index contributed by atoms with van der Waals surface area (Å²) in [5, 5.41) is 0. The predicted octanol–water partition coefficient (Wildman–Crippen LogP) is 4.66. The zero-order valence-electron chi connectivity index (χ0n) is 13.4. The average Bonchev–Trinajstić information content (AvgIpc) is 2.89. The van der Waals surface area contributed by atoms with Crippen LogP contribution in [0, 0.1) is 0 Å². The first kappa shape index (κ1) is 16.7. The lowest BCUT2D eigenvalue weighted by atomic mass is 10.1. The van der Waals surface area contributed by atoms with Crippen molar-refractivity contribution in [1.29, 1.82) is 0 Å². The van der Waals surface area contributed by atoms with Crippen LogP contribution in [0.5, 0.6) is 5.75 Å². The van der Waals surface area contributed by atoms with Gasteiger partial charge in [0.25, 0.3) is 5.91 Å². The topological polar surface area (TPSA) is 29.5 Å². The molecule has 1 saturated heterocycles. The molecule has 1 heterocycles. The molecule has 5 heteroatoms. The van der Waals surface area contributed by atoms with Gasteiger partial charge in [-0.15, -0.1) is 0 Å². The number of carbonyl (C=O) groups excluding carboxylic acids is 1. The highest BCUT2D eigenvalue weighted by atomic mass is 32.2. The van der Waals surface area contributed by atoms with Crippen molar-refractivity contribution in [1.82, 2.24) is 4.90 Å². The van der Waals surface area contributed by atoms with Gasteiger partial charge in [0.05, 0.1) is 18.1 Å². The second-order valence-corrected chi connectivity index (χ2v) is 7.09. The molecule has 1 aliphatic rings. The molecule has 3 nitrogen and oxygen atoms in total. The molecule has 122 valence electrons. The molecule has 0 aliphatic carbocycles. The highest BCUT2D eigenvalue weighted by molar-refractivity contribution is 8.26. The number of thiocarbonyl (C=S) groups is 1. The lowest BCUT2D eigenvalue weighted by Gasteiger charge is -2.23. The average molecular weight is 355 g/mol. The Hall–Kier alpha value is -2.11. The van der Waals surface area contributed by atoms with E-state index in [2.05, 4.69) is 0 Å². The van der Waals surface area contributed by atoms with Gasteiger partial charge in [0.2, 0.25) is 0 Å². The quantitative estimate of drug-likeness (QED) is 0.589. The van der Waals surface area contributed by atoms with Crippen LogP contribution in [0.1, 0.15) is 24.1 Å². The number of amides is 1. The van der Waals surface area contributed by atoms with Crippen LogP contribution in [0.4, 0.5) is 0 Å². The van der Waals surface area contributed by atoms with Crippen molar-refractivity contribution < 1.29 is 9.53 Å². The van der Waals surface area contributed by atoms with E-state index in [1.807, 2.05) is 67.6 Å². The van der Waals surface area contributed by atoms with Crippen LogP contribution in [0.3, 0.4) is 0 Å². The lowest BCUT2D eigenvalue weighted by Crippen LogP contribution is -2.30. The number of nitrogens with zero attached hydrogens (tertiary/aromatic N) is 1. The molecule has 0 radical (unpaired) electrons. The van der Waals surface area contributed by atoms with Crippen molar-refractivity contribution in [2.75, 3.05) is 7.11 Å². The standard InChI is InChI=1S/C19H17NO2S2/c1-13(15-8-4-3-5-9-15)20-18(21)17(24-19(20)23)12-14-7-6-10-16(11-14)22-2/h3-13H,1-2H3/b17-12-/t13-/m0/s1. The molecule has 3 rings (SSSR count). The van der Waals surface area contributed by atoms with Crippen molar-refractivity contribution in [2.24, 2.45) is 0 Å². The molecule has 0 bridgehead atoms. The third-order valence-electron chi connectivity index (χ3n) is 3.88. The lowest BCUT2D eigenvalue weighted by molar-refractivity contribution is -0.123. The Morgan fingerprint density at radius 1 is 1.17 bits per heavy atom. The molecule has 2 aromatic rings. The summed E-state index contributed by atoms with van der Waals surface area (Å²) in [5.74, 6) is 0.709. The molecule has 1 atom stereocenters. The second-order valence-electron chi connectivity index (χ2n) is 5.41. The number of hydrogen-bond acceptors (Lipinski definition) is 4. The van der Waals surface area contributed by atoms with Crippen LogP contribution < -0.4 is 4.74 Å². The number of rotatable bonds is 4. The van der Waals surface area contributed by atoms with Crippen LogP contribution in [0.25, 0.3) is 6.08 Å². The summed E-state index contributed by atoms with van der Waals surface area (Å²) >= 11 is 6.78. The summed E-state index contributed by atoms with van der Waals surface area (Å²) in [6.45, 7) is 1.99. The second kappa shape index (κ2) is 7.20. The van der Waals surface area contributed by atoms with E-state index in [1.165, 1.54) is 11.8 Å². The van der Waals surface area contributed by atoms with Crippen molar-refractivity contribution in [2.45, 2.75) is 13.0 Å². The fraction of sp³-hybridized carbons (Fsp3) is 0.158. The summed E-state index contributed by atoms with van der Waals surface area (Å²) in [4.78, 5) is 15.1. The summed E-state index contributed by atoms with van der Waals surface area (Å²) < 4.78 is 5.82. The van der Waals surface area contributed by atoms with E-state index in [0.29, 0.717) is 9.23 Å². The normalized spacial score (nSPS) is 17.4. The SMILES string of the molecule is COc1cccc(/C=C2\SC(=S)N([C@@H](C)c3ccccc3)C2=O)c1. The summed E-state index contributed by atoms with van der Waals surface area (Å²) in [5.41, 5.74) is 1.98. The van der Waals surface area contributed by atoms with Gasteiger partial charge in [0.15, 0.2) is 0 Å². The molecule has 24 heavy (non-hydrogen) atoms. The molecular formula is C19H17NO2S2. The van der Waals surface area contributed by atoms with Gasteiger partial charge in [-0.25, -0.2) is 0 Å². The Morgan fingerprint density at radius 3 is 2.62 bits per heavy atom. The minimum absolute atomic E-state index is 0.0517. The minimum Gasteiger partial charge on any atom is -0.497 e. The molecular weight excluding hydrogens is 338 g/mol. The molecule has 0 spiro atoms. The first-order valence-corrected chi connectivity index (χ1v) is 8.78. The van der Waals surface area contributed by atoms with Gasteiger partial charge < -0.3 is 4.74 Å². The van der Waals surface area contributed by atoms with E-state index in [4.69, 9.17) is 17.0 Å². The van der Waals surface area contributed by atoms with Gasteiger partial charge in [-0.1, -0.05) is 66.4 Å². The monoisotopic (exact) mass is 355 g/mol. The van der Waals surface area contributed by atoms with Gasteiger partial charge in [0.1, 0.15) is 10.1 Å². The van der Waals surface area contributed by atoms with Crippen molar-refractivity contribution in [3.05, 3.63) is 70.6 Å². The van der Waals surface area contributed by atoms with Gasteiger partial charge in [-0.2, -0.15) is 0 Å². The molecule has 0 unspecified atom stereocenters. The van der Waals surface area contributed by atoms with Gasteiger partial charge >= 0.3 is 0 Å². The molecule has 1 amide bonds. The van der Waals surface area contributed by atoms with Gasteiger partial charge in [-0.05, 0) is 36.3 Å². The van der Waals surface area contributed by atoms with E-state index in [9.17, 15) is 4.79 Å². The zero-order valence-corrected chi connectivity index (χ0v) is 15.1. The Bertz CT molecular complexity index is 802. The molecule has 2 aromatic carbocycles. The van der Waals surface area contributed by atoms with Crippen LogP contribution in [0.15, 0.2) is 59.5 Å². The van der Waals surface area contributed by atoms with Crippen molar-refractivity contribution >= 4 is 40.3 Å². The van der Waals surface area contributed by atoms with Gasteiger partial charge in [0, 0.05) is 0 Å². The number of benzene rings is 2. The minimum atomic E-state index is -0.0880. The van der Waals surface area contributed by atoms with Gasteiger partial charge in [-0.3, -0.25) is 9.69 Å². The first-order valence-electron chi connectivity index (χ1n) is 7.56. The molecule has 0 saturated carbocycles. The Kier molecular flexibility index (Phi) is 5.02. The Labute approximate surface area is 151 Å². The first-order chi connectivity index (χ1) is 11.6. The van der Waals surface area contributed by atoms with E-state index >= 15 is 0 Å². The summed E-state index contributed by atoms with van der Waals surface area (Å²) in [6.07, 6.45) is 1.86. The van der Waals surface area contributed by atoms with Crippen LogP contribution >= 0.6 is 24.0 Å². The van der Waals surface area contributed by atoms with E-state index in [0.717, 1.165) is 16.9 Å². The highest BCUT2D eigenvalue weighted by Gasteiger charge is 2.35. The predicted molar refractivity (Wildman–Crippen MR) is 103 cm³/mol. The van der Waals surface area contributed by atoms with E-state index in [-0.39, 0.29) is 11.9 Å². The smallest absolute Gasteiger partial charge is 0.266 e. The number of hydrogen-bond donors (Lipinski definition) is 0. The molecule has 0 aromatic heterocycles. The van der Waals surface area contributed by atoms with Crippen molar-refractivity contribution in [3.8, 4) is 5.75 Å². The number of ether oxygens (including phenoxy) is 1. The van der Waals surface area contributed by atoms with Crippen LogP contribution in [0.2, 0.25) is 0 Å². The molecule has 1 aliphatic heterocycles. The fourth-order valence-electron chi connectivity index (χ4n) is 2.58. The highest BCUT2D eigenvalue weighted by Crippen LogP contribution is 2.38. The fourth-order valence-corrected chi connectivity index (χ4v) is 4.00. The molecule has 0 N–H and O–H groups in total. The van der Waals surface area contributed by atoms with E-state index < -0.39 is 0 Å². The summed E-state index contributed by atoms with van der Waals surface area (Å²) in [6, 6.07) is 17.4. The third kappa shape index (κ3) is 3.37. The maximum atomic E-state index is 12.8. The summed E-state index contributed by atoms with van der Waals surface area (Å²) in [7, 11) is 1.63. The largest absolute Gasteiger partial charge is 0.497 e.